The molecule has 2 aromatic rings. The van der Waals surface area contributed by atoms with Crippen molar-refractivity contribution in [2.24, 2.45) is 0 Å². The van der Waals surface area contributed by atoms with Crippen LogP contribution in [0.4, 0.5) is 5.69 Å². The van der Waals surface area contributed by atoms with Gasteiger partial charge in [0.2, 0.25) is 10.0 Å². The average molecular weight is 327 g/mol. The third-order valence-electron chi connectivity index (χ3n) is 3.09. The average Bonchev–Trinajstić information content (AvgIpc) is 2.83. The minimum atomic E-state index is -3.66. The number of nitrogens with two attached hydrogens (primary N) is 1. The molecule has 2 N–H and O–H groups in total. The zero-order valence-electron chi connectivity index (χ0n) is 12.0. The summed E-state index contributed by atoms with van der Waals surface area (Å²) >= 11 is 1.43. The lowest BCUT2D eigenvalue weighted by molar-refractivity contribution is 0.398. The van der Waals surface area contributed by atoms with Crippen LogP contribution in [0.5, 0.6) is 5.75 Å². The molecule has 0 aliphatic carbocycles. The fourth-order valence-electron chi connectivity index (χ4n) is 1.83. The summed E-state index contributed by atoms with van der Waals surface area (Å²) in [6.07, 6.45) is 0. The molecule has 0 saturated carbocycles. The number of hydrogen-bond donors (Lipinski definition) is 1. The third-order valence-corrected chi connectivity index (χ3v) is 5.85. The van der Waals surface area contributed by atoms with E-state index in [0.717, 1.165) is 10.6 Å². The molecule has 0 saturated heterocycles. The van der Waals surface area contributed by atoms with E-state index in [9.17, 15) is 8.42 Å². The molecular formula is C13H17N3O3S2. The first kappa shape index (κ1) is 15.7. The van der Waals surface area contributed by atoms with E-state index in [-0.39, 0.29) is 17.2 Å². The van der Waals surface area contributed by atoms with Crippen LogP contribution in [0.25, 0.3) is 0 Å². The molecule has 21 heavy (non-hydrogen) atoms. The number of nitrogen functional groups attached to an aromatic ring is 1. The first-order valence-electron chi connectivity index (χ1n) is 6.15. The number of anilines is 1. The number of hydrogen-bond acceptors (Lipinski definition) is 6. The zero-order valence-corrected chi connectivity index (χ0v) is 13.7. The molecule has 114 valence electrons. The Balaban J connectivity index is 2.35. The predicted molar refractivity (Wildman–Crippen MR) is 82.9 cm³/mol. The van der Waals surface area contributed by atoms with Crippen LogP contribution in [-0.2, 0) is 16.6 Å². The van der Waals surface area contributed by atoms with E-state index in [1.54, 1.807) is 11.6 Å². The Bertz CT molecular complexity index is 741. The molecule has 0 amide bonds. The summed E-state index contributed by atoms with van der Waals surface area (Å²) in [7, 11) is -0.710. The molecule has 0 aliphatic heterocycles. The lowest BCUT2D eigenvalue weighted by atomic mass is 10.3. The Morgan fingerprint density at radius 1 is 1.43 bits per heavy atom. The monoisotopic (exact) mass is 327 g/mol. The fraction of sp³-hybridized carbons (Fsp3) is 0.308. The summed E-state index contributed by atoms with van der Waals surface area (Å²) in [4.78, 5) is 5.14. The van der Waals surface area contributed by atoms with Crippen LogP contribution < -0.4 is 10.5 Å². The second-order valence-electron chi connectivity index (χ2n) is 4.53. The minimum Gasteiger partial charge on any atom is -0.495 e. The number of ether oxygens (including phenoxy) is 1. The van der Waals surface area contributed by atoms with E-state index in [0.29, 0.717) is 5.69 Å². The van der Waals surface area contributed by atoms with Crippen LogP contribution in [0.2, 0.25) is 0 Å². The van der Waals surface area contributed by atoms with Gasteiger partial charge in [0.05, 0.1) is 18.3 Å². The molecule has 1 aromatic carbocycles. The van der Waals surface area contributed by atoms with Crippen LogP contribution in [0.1, 0.15) is 10.6 Å². The maximum absolute atomic E-state index is 12.7. The topological polar surface area (TPSA) is 85.5 Å². The third kappa shape index (κ3) is 3.17. The number of nitrogens with zero attached hydrogens (tertiary/aromatic N) is 2. The first-order chi connectivity index (χ1) is 9.86. The largest absolute Gasteiger partial charge is 0.495 e. The predicted octanol–water partition coefficient (Wildman–Crippen LogP) is 1.86. The van der Waals surface area contributed by atoms with Gasteiger partial charge < -0.3 is 10.5 Å². The van der Waals surface area contributed by atoms with E-state index in [1.807, 2.05) is 6.92 Å². The summed E-state index contributed by atoms with van der Waals surface area (Å²) in [5.41, 5.74) is 8.65. The number of sulfonamides is 1. The van der Waals surface area contributed by atoms with Crippen molar-refractivity contribution in [1.82, 2.24) is 9.29 Å². The second kappa shape index (κ2) is 6.00. The van der Waals surface area contributed by atoms with Gasteiger partial charge in [0, 0.05) is 30.2 Å². The van der Waals surface area contributed by atoms with Gasteiger partial charge >= 0.3 is 0 Å². The summed E-state index contributed by atoms with van der Waals surface area (Å²) < 4.78 is 31.7. The lowest BCUT2D eigenvalue weighted by Gasteiger charge is -2.18. The highest BCUT2D eigenvalue weighted by atomic mass is 32.2. The van der Waals surface area contributed by atoms with Gasteiger partial charge in [0.15, 0.2) is 0 Å². The van der Waals surface area contributed by atoms with Gasteiger partial charge in [0.25, 0.3) is 0 Å². The molecule has 0 radical (unpaired) electrons. The molecule has 1 heterocycles. The summed E-state index contributed by atoms with van der Waals surface area (Å²) in [6, 6.07) is 4.50. The van der Waals surface area contributed by atoms with Crippen LogP contribution >= 0.6 is 11.3 Å². The Hall–Kier alpha value is -1.64. The number of aromatic nitrogens is 1. The summed E-state index contributed by atoms with van der Waals surface area (Å²) in [5.74, 6) is 0.239. The van der Waals surface area contributed by atoms with Crippen LogP contribution in [0, 0.1) is 6.92 Å². The highest BCUT2D eigenvalue weighted by Crippen LogP contribution is 2.29. The van der Waals surface area contributed by atoms with Crippen molar-refractivity contribution < 1.29 is 13.2 Å². The lowest BCUT2D eigenvalue weighted by Crippen LogP contribution is -2.26. The van der Waals surface area contributed by atoms with Crippen molar-refractivity contribution in [1.29, 1.82) is 0 Å². The quantitative estimate of drug-likeness (QED) is 0.847. The highest BCUT2D eigenvalue weighted by Gasteiger charge is 2.25. The van der Waals surface area contributed by atoms with Crippen molar-refractivity contribution >= 4 is 27.0 Å². The Kier molecular flexibility index (Phi) is 4.50. The summed E-state index contributed by atoms with van der Waals surface area (Å²) in [6.45, 7) is 2.13. The van der Waals surface area contributed by atoms with Gasteiger partial charge in [-0.2, -0.15) is 4.31 Å². The normalized spacial score (nSPS) is 11.8. The van der Waals surface area contributed by atoms with Gasteiger partial charge in [-0.25, -0.2) is 13.4 Å². The van der Waals surface area contributed by atoms with Crippen molar-refractivity contribution in [3.63, 3.8) is 0 Å². The zero-order chi connectivity index (χ0) is 15.6. The number of aryl methyl sites for hydroxylation is 1. The van der Waals surface area contributed by atoms with Gasteiger partial charge in [-0.1, -0.05) is 0 Å². The van der Waals surface area contributed by atoms with Crippen molar-refractivity contribution in [2.75, 3.05) is 19.9 Å². The van der Waals surface area contributed by atoms with E-state index in [1.165, 1.54) is 41.9 Å². The van der Waals surface area contributed by atoms with E-state index in [4.69, 9.17) is 10.5 Å². The van der Waals surface area contributed by atoms with Crippen molar-refractivity contribution in [3.05, 3.63) is 34.3 Å². The van der Waals surface area contributed by atoms with Crippen molar-refractivity contribution in [3.8, 4) is 5.75 Å². The molecule has 0 spiro atoms. The standard InChI is InChI=1S/C13H17N3O3S2/c1-9-12(20-8-15-9)7-16(2)21(17,18)13-5-4-10(14)6-11(13)19-3/h4-6,8H,7,14H2,1-3H3. The van der Waals surface area contributed by atoms with E-state index >= 15 is 0 Å². The SMILES string of the molecule is COc1cc(N)ccc1S(=O)(=O)N(C)Cc1scnc1C. The van der Waals surface area contributed by atoms with E-state index in [2.05, 4.69) is 4.98 Å². The Labute approximate surface area is 128 Å². The molecule has 0 unspecified atom stereocenters. The minimum absolute atomic E-state index is 0.101. The molecule has 2 rings (SSSR count). The number of thiazole rings is 1. The molecule has 0 bridgehead atoms. The molecular weight excluding hydrogens is 310 g/mol. The number of rotatable bonds is 5. The first-order valence-corrected chi connectivity index (χ1v) is 8.47. The summed E-state index contributed by atoms with van der Waals surface area (Å²) in [5, 5.41) is 0. The molecule has 6 nitrogen and oxygen atoms in total. The Morgan fingerprint density at radius 3 is 2.71 bits per heavy atom. The van der Waals surface area contributed by atoms with Gasteiger partial charge in [0.1, 0.15) is 10.6 Å². The smallest absolute Gasteiger partial charge is 0.246 e. The van der Waals surface area contributed by atoms with Gasteiger partial charge in [-0.15, -0.1) is 11.3 Å². The molecule has 0 aliphatic rings. The van der Waals surface area contributed by atoms with E-state index < -0.39 is 10.0 Å². The van der Waals surface area contributed by atoms with Crippen LogP contribution in [0.15, 0.2) is 28.6 Å². The maximum atomic E-state index is 12.7. The number of methoxy groups -OCH3 is 1. The second-order valence-corrected chi connectivity index (χ2v) is 7.48. The van der Waals surface area contributed by atoms with Gasteiger partial charge in [-0.05, 0) is 19.1 Å². The Morgan fingerprint density at radius 2 is 2.14 bits per heavy atom. The molecule has 8 heteroatoms. The maximum Gasteiger partial charge on any atom is 0.246 e. The van der Waals surface area contributed by atoms with Gasteiger partial charge in [-0.3, -0.25) is 0 Å². The van der Waals surface area contributed by atoms with Crippen LogP contribution in [0.3, 0.4) is 0 Å². The highest BCUT2D eigenvalue weighted by molar-refractivity contribution is 7.89. The molecule has 1 aromatic heterocycles. The molecule has 0 atom stereocenters. The van der Waals surface area contributed by atoms with Crippen molar-refractivity contribution in [2.45, 2.75) is 18.4 Å². The fourth-order valence-corrected chi connectivity index (χ4v) is 4.01. The molecule has 0 fully saturated rings. The number of benzene rings is 1. The van der Waals surface area contributed by atoms with Crippen LogP contribution in [-0.4, -0.2) is 31.9 Å².